The summed E-state index contributed by atoms with van der Waals surface area (Å²) in [4.78, 5) is 0. The topological polar surface area (TPSA) is 29.6 Å². The van der Waals surface area contributed by atoms with Crippen LogP contribution in [0.2, 0.25) is 0 Å². The summed E-state index contributed by atoms with van der Waals surface area (Å²) in [6.07, 6.45) is 0. The van der Waals surface area contributed by atoms with Gasteiger partial charge in [-0.05, 0) is 156 Å². The smallest absolute Gasteiger partial charge is 0.0562 e. The van der Waals surface area contributed by atoms with E-state index >= 15 is 0 Å². The normalized spacial score (nSPS) is 12.2. The van der Waals surface area contributed by atoms with Gasteiger partial charge in [0.1, 0.15) is 0 Å². The van der Waals surface area contributed by atoms with Crippen molar-refractivity contribution in [3.05, 3.63) is 340 Å². The Morgan fingerprint density at radius 3 is 0.646 bits per heavy atom. The summed E-state index contributed by atoms with van der Waals surface area (Å²) in [6, 6.07) is 126. The molecule has 0 radical (unpaired) electrons. The summed E-state index contributed by atoms with van der Waals surface area (Å²) in [7, 11) is 0. The molecule has 0 aliphatic carbocycles. The highest BCUT2D eigenvalue weighted by atomic mass is 15.0. The van der Waals surface area contributed by atoms with Crippen molar-refractivity contribution in [3.63, 3.8) is 0 Å². The highest BCUT2D eigenvalue weighted by Gasteiger charge is 2.25. The average molecular weight is 1220 g/mol. The van der Waals surface area contributed by atoms with Crippen molar-refractivity contribution in [3.8, 4) is 56.4 Å². The fraction of sp³-hybridized carbons (Fsp3) is 0. The molecule has 6 aromatic heterocycles. The minimum Gasteiger partial charge on any atom is -0.309 e. The number of nitrogens with zero attached hydrogens (tertiary/aromatic N) is 6. The quantitative estimate of drug-likeness (QED) is 0.145. The van der Waals surface area contributed by atoms with E-state index in [1.54, 1.807) is 0 Å². The molecular formula is C90H56N6. The second-order valence-corrected chi connectivity index (χ2v) is 25.5. The molecule has 0 unspecified atom stereocenters. The SMILES string of the molecule is c1cc(-c2cc(-c3cccc(-n4c5ccccc5c5c(-n6c7ccccc7c7ccccc76)cccc54)c3)cc(-n3c4ccccc4c4c(-n5c6ccccc6c6ccccc65)cccc43)c2)cc(-n2c3ccccc3c3c(-n4c5ccccc5c5ccccc54)cccc32)c1. The molecule has 21 aromatic rings. The molecular weight excluding hydrogens is 1170 g/mol. The van der Waals surface area contributed by atoms with E-state index < -0.39 is 0 Å². The van der Waals surface area contributed by atoms with E-state index in [4.69, 9.17) is 0 Å². The van der Waals surface area contributed by atoms with Crippen molar-refractivity contribution in [2.24, 2.45) is 0 Å². The molecule has 0 atom stereocenters. The van der Waals surface area contributed by atoms with Gasteiger partial charge in [0.15, 0.2) is 0 Å². The number of rotatable bonds is 8. The Kier molecular flexibility index (Phi) is 11.1. The van der Waals surface area contributed by atoms with Crippen LogP contribution in [0.4, 0.5) is 0 Å². The van der Waals surface area contributed by atoms with Crippen LogP contribution in [-0.4, -0.2) is 27.4 Å². The lowest BCUT2D eigenvalue weighted by atomic mass is 9.97. The lowest BCUT2D eigenvalue weighted by Crippen LogP contribution is -1.99. The summed E-state index contributed by atoms with van der Waals surface area (Å²) in [6.45, 7) is 0. The minimum absolute atomic E-state index is 1.07. The maximum atomic E-state index is 2.51. The Morgan fingerprint density at radius 2 is 0.354 bits per heavy atom. The van der Waals surface area contributed by atoms with Gasteiger partial charge in [0.05, 0.1) is 83.3 Å². The molecule has 6 nitrogen and oxygen atoms in total. The Balaban J connectivity index is 0.792. The monoisotopic (exact) mass is 1220 g/mol. The Labute approximate surface area is 551 Å². The van der Waals surface area contributed by atoms with E-state index in [-0.39, 0.29) is 0 Å². The molecule has 6 heteroatoms. The molecule has 0 aliphatic heterocycles. The fourth-order valence-electron chi connectivity index (χ4n) is 16.7. The first-order chi connectivity index (χ1) is 47.7. The zero-order valence-electron chi connectivity index (χ0n) is 52.0. The van der Waals surface area contributed by atoms with Crippen molar-refractivity contribution in [1.29, 1.82) is 0 Å². The summed E-state index contributed by atoms with van der Waals surface area (Å²) >= 11 is 0. The van der Waals surface area contributed by atoms with Crippen LogP contribution in [0, 0.1) is 0 Å². The average Bonchev–Trinajstić information content (AvgIpc) is 1.58. The van der Waals surface area contributed by atoms with Crippen molar-refractivity contribution in [2.75, 3.05) is 0 Å². The molecule has 6 heterocycles. The third kappa shape index (κ3) is 7.46. The number of hydrogen-bond acceptors (Lipinski definition) is 0. The first-order valence-corrected chi connectivity index (χ1v) is 33.1. The van der Waals surface area contributed by atoms with Gasteiger partial charge in [0.25, 0.3) is 0 Å². The maximum Gasteiger partial charge on any atom is 0.0562 e. The van der Waals surface area contributed by atoms with E-state index in [1.165, 1.54) is 97.7 Å². The lowest BCUT2D eigenvalue weighted by Gasteiger charge is -2.16. The number of benzene rings is 15. The van der Waals surface area contributed by atoms with Crippen molar-refractivity contribution >= 4 is 131 Å². The van der Waals surface area contributed by atoms with Crippen LogP contribution < -0.4 is 0 Å². The molecule has 0 bridgehead atoms. The van der Waals surface area contributed by atoms with Gasteiger partial charge in [-0.15, -0.1) is 0 Å². The van der Waals surface area contributed by atoms with Crippen molar-refractivity contribution in [2.45, 2.75) is 0 Å². The molecule has 0 spiro atoms. The van der Waals surface area contributed by atoms with Crippen LogP contribution in [0.15, 0.2) is 340 Å². The molecule has 0 fully saturated rings. The predicted octanol–water partition coefficient (Wildman–Crippen LogP) is 23.6. The van der Waals surface area contributed by atoms with E-state index in [0.29, 0.717) is 0 Å². The summed E-state index contributed by atoms with van der Waals surface area (Å²) < 4.78 is 14.9. The number of para-hydroxylation sites is 9. The van der Waals surface area contributed by atoms with Gasteiger partial charge in [0, 0.05) is 81.7 Å². The second-order valence-electron chi connectivity index (χ2n) is 25.5. The van der Waals surface area contributed by atoms with Gasteiger partial charge in [-0.2, -0.15) is 0 Å². The van der Waals surface area contributed by atoms with Crippen molar-refractivity contribution < 1.29 is 0 Å². The van der Waals surface area contributed by atoms with Crippen molar-refractivity contribution in [1.82, 2.24) is 27.4 Å². The van der Waals surface area contributed by atoms with Gasteiger partial charge in [-0.1, -0.05) is 206 Å². The number of fused-ring (bicyclic) bond motifs is 18. The lowest BCUT2D eigenvalue weighted by molar-refractivity contribution is 1.16. The minimum atomic E-state index is 1.07. The molecule has 0 amide bonds. The van der Waals surface area contributed by atoms with Gasteiger partial charge < -0.3 is 27.4 Å². The van der Waals surface area contributed by atoms with Crippen LogP contribution in [0.1, 0.15) is 0 Å². The maximum absolute atomic E-state index is 2.51. The van der Waals surface area contributed by atoms with Gasteiger partial charge in [-0.3, -0.25) is 0 Å². The Morgan fingerprint density at radius 1 is 0.135 bits per heavy atom. The largest absolute Gasteiger partial charge is 0.309 e. The highest BCUT2D eigenvalue weighted by molar-refractivity contribution is 6.20. The molecule has 446 valence electrons. The molecule has 96 heavy (non-hydrogen) atoms. The van der Waals surface area contributed by atoms with Crippen LogP contribution in [0.5, 0.6) is 0 Å². The zero-order valence-corrected chi connectivity index (χ0v) is 52.0. The van der Waals surface area contributed by atoms with Gasteiger partial charge in [0.2, 0.25) is 0 Å². The van der Waals surface area contributed by atoms with Crippen LogP contribution in [0.3, 0.4) is 0 Å². The third-order valence-electron chi connectivity index (χ3n) is 20.5. The highest BCUT2D eigenvalue weighted by Crippen LogP contribution is 2.46. The van der Waals surface area contributed by atoms with Gasteiger partial charge in [-0.25, -0.2) is 0 Å². The molecule has 0 N–H and O–H groups in total. The summed E-state index contributed by atoms with van der Waals surface area (Å²) in [5.41, 5.74) is 25.2. The summed E-state index contributed by atoms with van der Waals surface area (Å²) in [5.74, 6) is 0. The third-order valence-corrected chi connectivity index (χ3v) is 20.5. The first kappa shape index (κ1) is 52.7. The van der Waals surface area contributed by atoms with E-state index in [0.717, 1.165) is 89.5 Å². The first-order valence-electron chi connectivity index (χ1n) is 33.1. The van der Waals surface area contributed by atoms with Crippen LogP contribution in [-0.2, 0) is 0 Å². The van der Waals surface area contributed by atoms with E-state index in [1.807, 2.05) is 0 Å². The number of aromatic nitrogens is 6. The Bertz CT molecular complexity index is 6400. The Hall–Kier alpha value is -12.9. The van der Waals surface area contributed by atoms with Gasteiger partial charge >= 0.3 is 0 Å². The fourth-order valence-corrected chi connectivity index (χ4v) is 16.7. The van der Waals surface area contributed by atoms with E-state index in [2.05, 4.69) is 367 Å². The molecule has 0 saturated carbocycles. The second kappa shape index (κ2) is 20.3. The predicted molar refractivity (Wildman–Crippen MR) is 403 cm³/mol. The molecule has 21 rings (SSSR count). The molecule has 0 saturated heterocycles. The molecule has 0 aliphatic rings. The summed E-state index contributed by atoms with van der Waals surface area (Å²) in [5, 5.41) is 14.7. The van der Waals surface area contributed by atoms with Crippen LogP contribution >= 0.6 is 0 Å². The van der Waals surface area contributed by atoms with E-state index in [9.17, 15) is 0 Å². The standard InChI is InChI=1S/C90H56N6/c1-10-37-73-64(28-1)65-29-2-11-38-74(65)94(73)85-49-21-46-82-88(85)70-34-7-16-43-79(70)91(82)61-26-19-24-57(53-61)59-52-60(56-63(55-59)93-81-45-18-9-36-72(81)90-84(93)48-23-51-87(90)96-77-41-14-5-32-68(77)69-33-6-15-42-78(69)96)58-25-20-27-62(54-58)92-80-44-17-8-35-71(80)89-83(92)47-22-50-86(89)95-75-39-12-3-30-66(75)67-31-4-13-40-76(67)95/h1-56H. The zero-order chi connectivity index (χ0) is 62.7. The van der Waals surface area contributed by atoms with Crippen LogP contribution in [0.25, 0.3) is 187 Å². The number of hydrogen-bond donors (Lipinski definition) is 0. The molecule has 15 aromatic carbocycles.